The van der Waals surface area contributed by atoms with Crippen LogP contribution >= 0.6 is 0 Å². The molecule has 0 radical (unpaired) electrons. The number of nitrogens with two attached hydrogens (primary N) is 3. The lowest BCUT2D eigenvalue weighted by Gasteiger charge is -2.25. The van der Waals surface area contributed by atoms with Crippen molar-refractivity contribution in [2.24, 2.45) is 17.2 Å². The topological polar surface area (TPSA) is 286 Å². The van der Waals surface area contributed by atoms with Crippen LogP contribution in [0.3, 0.4) is 0 Å². The molecule has 0 aliphatic heterocycles. The number of aliphatic carboxylic acids is 1. The zero-order valence-electron chi connectivity index (χ0n) is 22.0. The Kier molecular flexibility index (Phi) is 12.2. The van der Waals surface area contributed by atoms with Crippen molar-refractivity contribution in [3.05, 3.63) is 48.0 Å². The van der Waals surface area contributed by atoms with Gasteiger partial charge in [-0.15, -0.1) is 0 Å². The lowest BCUT2D eigenvalue weighted by molar-refractivity contribution is -0.142. The fourth-order valence-electron chi connectivity index (χ4n) is 3.73. The smallest absolute Gasteiger partial charge is 0.326 e. The van der Waals surface area contributed by atoms with Gasteiger partial charge in [-0.3, -0.25) is 24.0 Å². The summed E-state index contributed by atoms with van der Waals surface area (Å²) in [5.74, 6) is -5.37. The zero-order chi connectivity index (χ0) is 30.5. The molecule has 4 atom stereocenters. The lowest BCUT2D eigenvalue weighted by atomic mass is 10.0. The van der Waals surface area contributed by atoms with Gasteiger partial charge in [0.25, 0.3) is 0 Å². The van der Waals surface area contributed by atoms with Gasteiger partial charge in [0.1, 0.15) is 23.9 Å². The van der Waals surface area contributed by atoms with E-state index >= 15 is 0 Å². The molecular formula is C25H34N8O8. The van der Waals surface area contributed by atoms with Crippen LogP contribution in [-0.4, -0.2) is 79.9 Å². The standard InChI is InChI=1S/C25H34N8O8/c26-16(9-13-1-3-15(34)4-2-13)22(37)31-17(5-7-20(27)35)23(38)33-19(10-14-11-29-12-30-14)24(39)32-18(25(40)41)6-8-21(28)36/h1-4,11-12,16-19,34H,5-10,26H2,(H2,27,35)(H2,28,36)(H,29,30)(H,31,37)(H,32,39)(H,33,38)(H,40,41). The molecule has 0 saturated carbocycles. The molecule has 4 unspecified atom stereocenters. The summed E-state index contributed by atoms with van der Waals surface area (Å²) >= 11 is 0. The molecule has 0 aliphatic rings. The van der Waals surface area contributed by atoms with E-state index in [2.05, 4.69) is 25.9 Å². The SMILES string of the molecule is NC(=O)CCC(NC(=O)C(Cc1cnc[nH]1)NC(=O)C(CCC(N)=O)NC(=O)C(N)Cc1ccc(O)cc1)C(=O)O. The molecule has 0 aliphatic carbocycles. The van der Waals surface area contributed by atoms with E-state index in [1.807, 2.05) is 0 Å². The highest BCUT2D eigenvalue weighted by atomic mass is 16.4. The quantitative estimate of drug-likeness (QED) is 0.0941. The summed E-state index contributed by atoms with van der Waals surface area (Å²) < 4.78 is 0. The van der Waals surface area contributed by atoms with E-state index in [9.17, 15) is 39.0 Å². The van der Waals surface area contributed by atoms with E-state index < -0.39 is 59.7 Å². The van der Waals surface area contributed by atoms with E-state index in [-0.39, 0.29) is 44.3 Å². The van der Waals surface area contributed by atoms with Crippen molar-refractivity contribution in [1.29, 1.82) is 0 Å². The number of rotatable bonds is 17. The Morgan fingerprint density at radius 2 is 1.34 bits per heavy atom. The summed E-state index contributed by atoms with van der Waals surface area (Å²) in [7, 11) is 0. The van der Waals surface area contributed by atoms with Crippen LogP contribution in [0.1, 0.15) is 36.9 Å². The van der Waals surface area contributed by atoms with E-state index in [1.54, 1.807) is 12.1 Å². The van der Waals surface area contributed by atoms with Gasteiger partial charge in [0.2, 0.25) is 29.5 Å². The summed E-state index contributed by atoms with van der Waals surface area (Å²) in [6.07, 6.45) is 1.58. The van der Waals surface area contributed by atoms with E-state index in [0.29, 0.717) is 11.3 Å². The second-order valence-corrected chi connectivity index (χ2v) is 9.29. The van der Waals surface area contributed by atoms with E-state index in [0.717, 1.165) is 0 Å². The lowest BCUT2D eigenvalue weighted by Crippen LogP contribution is -2.58. The molecule has 2 aromatic rings. The molecule has 0 spiro atoms. The van der Waals surface area contributed by atoms with Crippen LogP contribution in [0.2, 0.25) is 0 Å². The average Bonchev–Trinajstić information content (AvgIpc) is 3.42. The number of aromatic hydroxyl groups is 1. The fraction of sp³-hybridized carbons (Fsp3) is 0.400. The number of benzene rings is 1. The number of aromatic amines is 1. The predicted molar refractivity (Wildman–Crippen MR) is 142 cm³/mol. The number of carboxylic acids is 1. The van der Waals surface area contributed by atoms with Crippen LogP contribution < -0.4 is 33.2 Å². The number of imidazole rings is 1. The number of hydrogen-bond donors (Lipinski definition) is 9. The zero-order valence-corrected chi connectivity index (χ0v) is 22.0. The highest BCUT2D eigenvalue weighted by molar-refractivity contribution is 5.94. The number of hydrogen-bond acceptors (Lipinski definition) is 9. The minimum Gasteiger partial charge on any atom is -0.508 e. The molecule has 0 bridgehead atoms. The maximum Gasteiger partial charge on any atom is 0.326 e. The monoisotopic (exact) mass is 574 g/mol. The third-order valence-corrected chi connectivity index (χ3v) is 5.95. The van der Waals surface area contributed by atoms with E-state index in [1.165, 1.54) is 24.7 Å². The molecule has 1 heterocycles. The van der Waals surface area contributed by atoms with Crippen LogP contribution in [0.4, 0.5) is 0 Å². The molecule has 41 heavy (non-hydrogen) atoms. The Labute approximate surface area is 234 Å². The second kappa shape index (κ2) is 15.6. The van der Waals surface area contributed by atoms with Crippen molar-refractivity contribution in [3.63, 3.8) is 0 Å². The summed E-state index contributed by atoms with van der Waals surface area (Å²) in [5, 5.41) is 26.1. The van der Waals surface area contributed by atoms with Gasteiger partial charge >= 0.3 is 5.97 Å². The number of aromatic nitrogens is 2. The molecular weight excluding hydrogens is 540 g/mol. The first kappa shape index (κ1) is 32.2. The number of carbonyl (C=O) groups is 6. The number of carbonyl (C=O) groups excluding carboxylic acids is 5. The normalized spacial score (nSPS) is 13.7. The largest absolute Gasteiger partial charge is 0.508 e. The first-order valence-corrected chi connectivity index (χ1v) is 12.6. The van der Waals surface area contributed by atoms with Gasteiger partial charge in [-0.25, -0.2) is 9.78 Å². The average molecular weight is 575 g/mol. The molecule has 12 N–H and O–H groups in total. The summed E-state index contributed by atoms with van der Waals surface area (Å²) in [6, 6.07) is 0.750. The molecule has 1 aromatic carbocycles. The molecule has 0 fully saturated rings. The third kappa shape index (κ3) is 11.3. The highest BCUT2D eigenvalue weighted by Gasteiger charge is 2.31. The number of phenolic OH excluding ortho intramolecular Hbond substituents is 1. The van der Waals surface area contributed by atoms with Gasteiger partial charge in [-0.1, -0.05) is 12.1 Å². The third-order valence-electron chi connectivity index (χ3n) is 5.95. The van der Waals surface area contributed by atoms with Crippen molar-refractivity contribution in [1.82, 2.24) is 25.9 Å². The van der Waals surface area contributed by atoms with E-state index in [4.69, 9.17) is 17.2 Å². The summed E-state index contributed by atoms with van der Waals surface area (Å²) in [6.45, 7) is 0. The number of carboxylic acid groups (broad SMARTS) is 1. The maximum atomic E-state index is 13.3. The van der Waals surface area contributed by atoms with Crippen molar-refractivity contribution in [2.45, 2.75) is 62.7 Å². The number of nitrogens with zero attached hydrogens (tertiary/aromatic N) is 1. The van der Waals surface area contributed by atoms with Crippen molar-refractivity contribution in [3.8, 4) is 5.75 Å². The number of nitrogens with one attached hydrogen (secondary N) is 4. The Morgan fingerprint density at radius 3 is 1.88 bits per heavy atom. The Bertz CT molecular complexity index is 1220. The van der Waals surface area contributed by atoms with Crippen LogP contribution in [0.25, 0.3) is 0 Å². The van der Waals surface area contributed by atoms with Crippen molar-refractivity contribution in [2.75, 3.05) is 0 Å². The number of primary amides is 2. The number of phenols is 1. The molecule has 16 heteroatoms. The first-order valence-electron chi connectivity index (χ1n) is 12.6. The van der Waals surface area contributed by atoms with Crippen LogP contribution in [0.15, 0.2) is 36.8 Å². The Hall–Kier alpha value is -4.99. The number of H-pyrrole nitrogens is 1. The molecule has 16 nitrogen and oxygen atoms in total. The van der Waals surface area contributed by atoms with Gasteiger partial charge in [-0.05, 0) is 37.0 Å². The minimum atomic E-state index is -1.47. The number of amides is 5. The molecule has 2 rings (SSSR count). The van der Waals surface area contributed by atoms with Crippen LogP contribution in [0.5, 0.6) is 5.75 Å². The second-order valence-electron chi connectivity index (χ2n) is 9.29. The van der Waals surface area contributed by atoms with Gasteiger partial charge in [-0.2, -0.15) is 0 Å². The Morgan fingerprint density at radius 1 is 0.805 bits per heavy atom. The summed E-state index contributed by atoms with van der Waals surface area (Å²) in [4.78, 5) is 79.9. The Balaban J connectivity index is 2.19. The van der Waals surface area contributed by atoms with Crippen molar-refractivity contribution < 1.29 is 39.0 Å². The molecule has 5 amide bonds. The minimum absolute atomic E-state index is 0.0335. The van der Waals surface area contributed by atoms with Gasteiger partial charge in [0, 0.05) is 31.2 Å². The molecule has 0 saturated heterocycles. The van der Waals surface area contributed by atoms with Crippen LogP contribution in [-0.2, 0) is 41.6 Å². The summed E-state index contributed by atoms with van der Waals surface area (Å²) in [5.41, 5.74) is 17.4. The van der Waals surface area contributed by atoms with Gasteiger partial charge in [0.05, 0.1) is 12.4 Å². The van der Waals surface area contributed by atoms with Crippen molar-refractivity contribution >= 4 is 35.5 Å². The van der Waals surface area contributed by atoms with Gasteiger partial charge < -0.3 is 48.3 Å². The first-order chi connectivity index (χ1) is 19.3. The predicted octanol–water partition coefficient (Wildman–Crippen LogP) is -2.70. The van der Waals surface area contributed by atoms with Gasteiger partial charge in [0.15, 0.2) is 0 Å². The highest BCUT2D eigenvalue weighted by Crippen LogP contribution is 2.11. The molecule has 222 valence electrons. The molecule has 1 aromatic heterocycles. The van der Waals surface area contributed by atoms with Crippen LogP contribution in [0, 0.1) is 0 Å². The maximum absolute atomic E-state index is 13.3. The fourth-order valence-corrected chi connectivity index (χ4v) is 3.73.